The molecule has 0 atom stereocenters. The van der Waals surface area contributed by atoms with Crippen LogP contribution in [0.5, 0.6) is 0 Å². The number of dihydropyridines is 1. The van der Waals surface area contributed by atoms with Gasteiger partial charge in [0.1, 0.15) is 0 Å². The van der Waals surface area contributed by atoms with Crippen molar-refractivity contribution in [2.24, 2.45) is 0 Å². The van der Waals surface area contributed by atoms with Crippen molar-refractivity contribution in [1.82, 2.24) is 5.32 Å². The van der Waals surface area contributed by atoms with Crippen LogP contribution in [0.3, 0.4) is 0 Å². The number of hydrogen-bond acceptors (Lipinski definition) is 1. The van der Waals surface area contributed by atoms with Gasteiger partial charge in [-0.1, -0.05) is 6.92 Å². The fourth-order valence-electron chi connectivity index (χ4n) is 0.483. The topological polar surface area (TPSA) is 12.0 Å². The summed E-state index contributed by atoms with van der Waals surface area (Å²) in [6.07, 6.45) is 7.91. The molecule has 0 unspecified atom stereocenters. The van der Waals surface area contributed by atoms with E-state index in [1.807, 2.05) is 31.4 Å². The van der Waals surface area contributed by atoms with Crippen molar-refractivity contribution in [3.8, 4) is 0 Å². The van der Waals surface area contributed by atoms with E-state index in [-0.39, 0.29) is 18.9 Å². The van der Waals surface area contributed by atoms with Gasteiger partial charge < -0.3 is 5.32 Å². The molecule has 0 saturated heterocycles. The average Bonchev–Trinajstić information content (AvgIpc) is 1.69. The van der Waals surface area contributed by atoms with Gasteiger partial charge in [0.15, 0.2) is 0 Å². The molecule has 0 saturated carbocycles. The summed E-state index contributed by atoms with van der Waals surface area (Å²) in [5.41, 5.74) is 0. The van der Waals surface area contributed by atoms with Crippen molar-refractivity contribution in [2.45, 2.75) is 6.92 Å². The average molecular weight is 101 g/mol. The summed E-state index contributed by atoms with van der Waals surface area (Å²) < 4.78 is 0. The van der Waals surface area contributed by atoms with Crippen molar-refractivity contribution < 1.29 is 18.9 Å². The Kier molecular flexibility index (Phi) is 3.60. The molecule has 0 aromatic carbocycles. The van der Waals surface area contributed by atoms with Gasteiger partial charge in [0.2, 0.25) is 0 Å². The minimum atomic E-state index is 0. The van der Waals surface area contributed by atoms with Gasteiger partial charge in [-0.05, 0) is 6.20 Å². The molecule has 0 radical (unpaired) electrons. The molecule has 0 aromatic rings. The Bertz CT molecular complexity index is 107. The van der Waals surface area contributed by atoms with Crippen LogP contribution in [0.2, 0.25) is 0 Å². The Morgan fingerprint density at radius 3 is 2.38 bits per heavy atom. The molecule has 8 heavy (non-hydrogen) atoms. The molecule has 38 valence electrons. The van der Waals surface area contributed by atoms with Gasteiger partial charge >= 0.3 is 18.9 Å². The molecule has 0 amide bonds. The van der Waals surface area contributed by atoms with Crippen LogP contribution in [0.4, 0.5) is 0 Å². The van der Waals surface area contributed by atoms with Gasteiger partial charge in [0.25, 0.3) is 0 Å². The molecule has 0 fully saturated rings. The van der Waals surface area contributed by atoms with E-state index in [0.717, 1.165) is 0 Å². The molecule has 0 aliphatic carbocycles. The summed E-state index contributed by atoms with van der Waals surface area (Å²) in [7, 11) is 0. The summed E-state index contributed by atoms with van der Waals surface area (Å²) in [5, 5.41) is 3.03. The normalized spacial score (nSPS) is 14.9. The molecule has 0 aromatic heterocycles. The quantitative estimate of drug-likeness (QED) is 0.281. The van der Waals surface area contributed by atoms with Crippen LogP contribution in [0.25, 0.3) is 0 Å². The summed E-state index contributed by atoms with van der Waals surface area (Å²) in [5.74, 6) is 0. The summed E-state index contributed by atoms with van der Waals surface area (Å²) in [6.45, 7) is 2.03. The Morgan fingerprint density at radius 1 is 1.38 bits per heavy atom. The fourth-order valence-corrected chi connectivity index (χ4v) is 0.483. The van der Waals surface area contributed by atoms with Gasteiger partial charge in [-0.2, -0.15) is 0 Å². The third-order valence-corrected chi connectivity index (χ3v) is 0.865. The Morgan fingerprint density at radius 2 is 2.12 bits per heavy atom. The zero-order valence-electron chi connectivity index (χ0n) is 5.31. The first-order valence-electron chi connectivity index (χ1n) is 2.33. The van der Waals surface area contributed by atoms with Crippen LogP contribution < -0.4 is 24.2 Å². The Labute approximate surface area is 62.0 Å². The van der Waals surface area contributed by atoms with E-state index in [9.17, 15) is 0 Å². The monoisotopic (exact) mass is 101 g/mol. The van der Waals surface area contributed by atoms with Crippen LogP contribution >= 0.6 is 0 Å². The van der Waals surface area contributed by atoms with Crippen LogP contribution in [0, 0.1) is 6.04 Å². The number of hydrogen-bond donors (Lipinski definition) is 1. The molecular formula is C6H8LiN. The van der Waals surface area contributed by atoms with Crippen LogP contribution in [-0.2, 0) is 0 Å². The van der Waals surface area contributed by atoms with Crippen LogP contribution in [-0.4, -0.2) is 0 Å². The molecule has 1 aliphatic rings. The minimum absolute atomic E-state index is 0. The molecule has 2 heteroatoms. The maximum absolute atomic E-state index is 3.03. The fraction of sp³-hybridized carbons (Fsp3) is 0.167. The third-order valence-electron chi connectivity index (χ3n) is 0.865. The second-order valence-electron chi connectivity index (χ2n) is 1.55. The van der Waals surface area contributed by atoms with Gasteiger partial charge in [-0.15, -0.1) is 12.1 Å². The maximum Gasteiger partial charge on any atom is 1.00 e. The van der Waals surface area contributed by atoms with E-state index in [2.05, 4.69) is 5.32 Å². The zero-order valence-corrected chi connectivity index (χ0v) is 5.31. The second-order valence-corrected chi connectivity index (χ2v) is 1.55. The van der Waals surface area contributed by atoms with Gasteiger partial charge in [-0.3, -0.25) is 0 Å². The van der Waals surface area contributed by atoms with E-state index in [1.165, 1.54) is 6.04 Å². The number of nitrogens with one attached hydrogen (secondary N) is 1. The number of rotatable bonds is 0. The molecule has 1 heterocycles. The van der Waals surface area contributed by atoms with Crippen molar-refractivity contribution in [1.29, 1.82) is 0 Å². The molecular weight excluding hydrogens is 93.0 g/mol. The van der Waals surface area contributed by atoms with Gasteiger partial charge in [-0.25, -0.2) is 12.2 Å². The first-order chi connectivity index (χ1) is 3.39. The Balaban J connectivity index is 0.000000490. The van der Waals surface area contributed by atoms with Crippen molar-refractivity contribution >= 4 is 0 Å². The van der Waals surface area contributed by atoms with Gasteiger partial charge in [0.05, 0.1) is 0 Å². The second kappa shape index (κ2) is 3.71. The smallest absolute Gasteiger partial charge is 0.444 e. The predicted molar refractivity (Wildman–Crippen MR) is 30.3 cm³/mol. The summed E-state index contributed by atoms with van der Waals surface area (Å²) >= 11 is 0. The summed E-state index contributed by atoms with van der Waals surface area (Å²) in [6, 6.07) is 1.20. The molecule has 1 aliphatic heterocycles. The van der Waals surface area contributed by atoms with Crippen LogP contribution in [0.15, 0.2) is 24.4 Å². The first-order valence-corrected chi connectivity index (χ1v) is 2.33. The van der Waals surface area contributed by atoms with E-state index in [0.29, 0.717) is 0 Å². The predicted octanol–water partition coefficient (Wildman–Crippen LogP) is -1.78. The van der Waals surface area contributed by atoms with Crippen molar-refractivity contribution in [2.75, 3.05) is 0 Å². The first kappa shape index (κ1) is 7.75. The standard InChI is InChI=1S/C6H8N.Li/c1-6-4-2-3-5-7-6;/h2-5,7H,1H3;/q-1;+1. The van der Waals surface area contributed by atoms with Crippen LogP contribution in [0.1, 0.15) is 6.92 Å². The summed E-state index contributed by atoms with van der Waals surface area (Å²) in [4.78, 5) is 0. The SMILES string of the molecule is C[C-]1C=CC=CN1.[Li+]. The molecule has 0 spiro atoms. The third kappa shape index (κ3) is 2.16. The van der Waals surface area contributed by atoms with E-state index in [4.69, 9.17) is 0 Å². The van der Waals surface area contributed by atoms with E-state index in [1.54, 1.807) is 0 Å². The molecule has 1 N–H and O–H groups in total. The van der Waals surface area contributed by atoms with Crippen molar-refractivity contribution in [3.05, 3.63) is 30.5 Å². The largest absolute Gasteiger partial charge is 1.00 e. The Hall–Kier alpha value is -0.253. The molecule has 1 rings (SSSR count). The molecule has 1 nitrogen and oxygen atoms in total. The zero-order chi connectivity index (χ0) is 5.11. The minimum Gasteiger partial charge on any atom is -0.444 e. The van der Waals surface area contributed by atoms with Crippen molar-refractivity contribution in [3.63, 3.8) is 0 Å². The molecule has 0 bridgehead atoms. The maximum atomic E-state index is 3.03. The van der Waals surface area contributed by atoms with E-state index >= 15 is 0 Å². The number of allylic oxidation sites excluding steroid dienone is 2. The van der Waals surface area contributed by atoms with Gasteiger partial charge in [0, 0.05) is 0 Å². The van der Waals surface area contributed by atoms with E-state index < -0.39 is 0 Å².